The smallest absolute Gasteiger partial charge is 0.224 e. The van der Waals surface area contributed by atoms with E-state index >= 15 is 0 Å². The standard InChI is InChI=1S/C13H23ClN2O2/c1-18-8-2-5-15-6-3-12(4-7-15)16-10-11(14)9-13(16)17/h11-12H,2-10H2,1H3. The Morgan fingerprint density at radius 3 is 2.67 bits per heavy atom. The second kappa shape index (κ2) is 6.73. The first kappa shape index (κ1) is 14.1. The molecular formula is C13H23ClN2O2. The van der Waals surface area contributed by atoms with E-state index < -0.39 is 0 Å². The molecule has 2 aliphatic rings. The van der Waals surface area contributed by atoms with Crippen LogP contribution in [-0.2, 0) is 9.53 Å². The molecule has 18 heavy (non-hydrogen) atoms. The molecule has 0 spiro atoms. The van der Waals surface area contributed by atoms with Crippen LogP contribution in [-0.4, -0.2) is 67.0 Å². The average molecular weight is 275 g/mol. The number of carbonyl (C=O) groups excluding carboxylic acids is 1. The van der Waals surface area contributed by atoms with E-state index in [1.165, 1.54) is 0 Å². The molecule has 0 aromatic heterocycles. The maximum Gasteiger partial charge on any atom is 0.224 e. The van der Waals surface area contributed by atoms with E-state index in [1.54, 1.807) is 7.11 Å². The van der Waals surface area contributed by atoms with E-state index in [4.69, 9.17) is 16.3 Å². The lowest BCUT2D eigenvalue weighted by molar-refractivity contribution is -0.130. The molecule has 0 aromatic carbocycles. The number of rotatable bonds is 5. The quantitative estimate of drug-likeness (QED) is 0.560. The monoisotopic (exact) mass is 274 g/mol. The molecule has 4 nitrogen and oxygen atoms in total. The molecule has 0 aliphatic carbocycles. The number of piperidine rings is 1. The molecule has 1 amide bonds. The highest BCUT2D eigenvalue weighted by molar-refractivity contribution is 6.22. The van der Waals surface area contributed by atoms with Crippen LogP contribution in [0.15, 0.2) is 0 Å². The Bertz CT molecular complexity index is 280. The minimum atomic E-state index is 0.0252. The summed E-state index contributed by atoms with van der Waals surface area (Å²) in [7, 11) is 1.74. The maximum atomic E-state index is 11.8. The van der Waals surface area contributed by atoms with Crippen LogP contribution in [0.25, 0.3) is 0 Å². The van der Waals surface area contributed by atoms with E-state index in [0.29, 0.717) is 12.5 Å². The van der Waals surface area contributed by atoms with Crippen molar-refractivity contribution in [2.24, 2.45) is 0 Å². The average Bonchev–Trinajstić information content (AvgIpc) is 2.70. The molecule has 2 fully saturated rings. The van der Waals surface area contributed by atoms with Gasteiger partial charge in [0, 0.05) is 52.4 Å². The van der Waals surface area contributed by atoms with Crippen LogP contribution in [0.3, 0.4) is 0 Å². The second-order valence-corrected chi connectivity index (χ2v) is 5.88. The van der Waals surface area contributed by atoms with Crippen molar-refractivity contribution in [1.29, 1.82) is 0 Å². The topological polar surface area (TPSA) is 32.8 Å². The molecule has 0 radical (unpaired) electrons. The molecule has 2 aliphatic heterocycles. The van der Waals surface area contributed by atoms with Gasteiger partial charge in [0.1, 0.15) is 0 Å². The Hall–Kier alpha value is -0.320. The van der Waals surface area contributed by atoms with E-state index in [0.717, 1.165) is 52.0 Å². The van der Waals surface area contributed by atoms with Crippen molar-refractivity contribution in [1.82, 2.24) is 9.80 Å². The van der Waals surface area contributed by atoms with Gasteiger partial charge in [-0.05, 0) is 19.3 Å². The van der Waals surface area contributed by atoms with Gasteiger partial charge in [0.15, 0.2) is 0 Å². The molecule has 0 N–H and O–H groups in total. The molecule has 2 heterocycles. The van der Waals surface area contributed by atoms with Crippen LogP contribution in [0.5, 0.6) is 0 Å². The summed E-state index contributed by atoms with van der Waals surface area (Å²) in [5.41, 5.74) is 0. The molecule has 1 unspecified atom stereocenters. The van der Waals surface area contributed by atoms with Gasteiger partial charge in [-0.2, -0.15) is 0 Å². The van der Waals surface area contributed by atoms with Gasteiger partial charge < -0.3 is 14.5 Å². The fourth-order valence-corrected chi connectivity index (χ4v) is 3.21. The fourth-order valence-electron chi connectivity index (χ4n) is 2.93. The number of likely N-dealkylation sites (tertiary alicyclic amines) is 2. The van der Waals surface area contributed by atoms with Crippen molar-refractivity contribution in [2.75, 3.05) is 39.9 Å². The predicted octanol–water partition coefficient (Wildman–Crippen LogP) is 1.33. The van der Waals surface area contributed by atoms with Crippen LogP contribution in [0.2, 0.25) is 0 Å². The molecule has 0 saturated carbocycles. The maximum absolute atomic E-state index is 11.8. The van der Waals surface area contributed by atoms with Gasteiger partial charge in [0.05, 0.1) is 5.38 Å². The molecule has 2 rings (SSSR count). The van der Waals surface area contributed by atoms with Crippen molar-refractivity contribution in [2.45, 2.75) is 37.1 Å². The van der Waals surface area contributed by atoms with Crippen molar-refractivity contribution in [3.05, 3.63) is 0 Å². The SMILES string of the molecule is COCCCN1CCC(N2CC(Cl)CC2=O)CC1. The fraction of sp³-hybridized carbons (Fsp3) is 0.923. The van der Waals surface area contributed by atoms with Gasteiger partial charge in [-0.1, -0.05) is 0 Å². The van der Waals surface area contributed by atoms with Gasteiger partial charge in [0.2, 0.25) is 5.91 Å². The first-order chi connectivity index (χ1) is 8.70. The van der Waals surface area contributed by atoms with Crippen molar-refractivity contribution < 1.29 is 9.53 Å². The number of hydrogen-bond donors (Lipinski definition) is 0. The molecule has 0 aromatic rings. The normalized spacial score (nSPS) is 27.1. The van der Waals surface area contributed by atoms with Crippen molar-refractivity contribution >= 4 is 17.5 Å². The van der Waals surface area contributed by atoms with Crippen molar-refractivity contribution in [3.63, 3.8) is 0 Å². The molecule has 5 heteroatoms. The van der Waals surface area contributed by atoms with Gasteiger partial charge >= 0.3 is 0 Å². The largest absolute Gasteiger partial charge is 0.385 e. The zero-order valence-corrected chi connectivity index (χ0v) is 11.9. The number of alkyl halides is 1. The van der Waals surface area contributed by atoms with E-state index in [1.807, 2.05) is 4.90 Å². The van der Waals surface area contributed by atoms with E-state index in [2.05, 4.69) is 4.90 Å². The Balaban J connectivity index is 1.71. The van der Waals surface area contributed by atoms with Crippen LogP contribution >= 0.6 is 11.6 Å². The summed E-state index contributed by atoms with van der Waals surface area (Å²) in [4.78, 5) is 16.3. The number of carbonyl (C=O) groups is 1. The summed E-state index contributed by atoms with van der Waals surface area (Å²) in [6.45, 7) is 4.86. The van der Waals surface area contributed by atoms with Crippen LogP contribution in [0.1, 0.15) is 25.7 Å². The lowest BCUT2D eigenvalue weighted by Gasteiger charge is -2.36. The number of methoxy groups -OCH3 is 1. The van der Waals surface area contributed by atoms with Gasteiger partial charge in [0.25, 0.3) is 0 Å². The highest BCUT2D eigenvalue weighted by atomic mass is 35.5. The lowest BCUT2D eigenvalue weighted by atomic mass is 10.0. The zero-order chi connectivity index (χ0) is 13.0. The lowest BCUT2D eigenvalue weighted by Crippen LogP contribution is -2.45. The number of ether oxygens (including phenoxy) is 1. The summed E-state index contributed by atoms with van der Waals surface area (Å²) in [6, 6.07) is 0.417. The highest BCUT2D eigenvalue weighted by Crippen LogP contribution is 2.24. The zero-order valence-electron chi connectivity index (χ0n) is 11.1. The Morgan fingerprint density at radius 2 is 2.11 bits per heavy atom. The third kappa shape index (κ3) is 3.59. The molecular weight excluding hydrogens is 252 g/mol. The van der Waals surface area contributed by atoms with E-state index in [9.17, 15) is 4.79 Å². The van der Waals surface area contributed by atoms with Crippen LogP contribution < -0.4 is 0 Å². The first-order valence-electron chi connectivity index (χ1n) is 6.85. The summed E-state index contributed by atoms with van der Waals surface area (Å²) >= 11 is 6.05. The third-order valence-electron chi connectivity index (χ3n) is 3.93. The van der Waals surface area contributed by atoms with Crippen LogP contribution in [0.4, 0.5) is 0 Å². The van der Waals surface area contributed by atoms with Gasteiger partial charge in [-0.25, -0.2) is 0 Å². The third-order valence-corrected chi connectivity index (χ3v) is 4.22. The summed E-state index contributed by atoms with van der Waals surface area (Å²) in [6.07, 6.45) is 3.79. The number of hydrogen-bond acceptors (Lipinski definition) is 3. The molecule has 104 valence electrons. The number of nitrogens with zero attached hydrogens (tertiary/aromatic N) is 2. The Morgan fingerprint density at radius 1 is 1.39 bits per heavy atom. The molecule has 0 bridgehead atoms. The second-order valence-electron chi connectivity index (χ2n) is 5.27. The van der Waals surface area contributed by atoms with Gasteiger partial charge in [-0.15, -0.1) is 11.6 Å². The summed E-state index contributed by atoms with van der Waals surface area (Å²) < 4.78 is 5.07. The Kier molecular flexibility index (Phi) is 5.27. The summed E-state index contributed by atoms with van der Waals surface area (Å²) in [5.74, 6) is 0.243. The summed E-state index contributed by atoms with van der Waals surface area (Å²) in [5, 5.41) is 0.0252. The number of halogens is 1. The molecule has 2 saturated heterocycles. The highest BCUT2D eigenvalue weighted by Gasteiger charge is 2.34. The Labute approximate surface area is 114 Å². The van der Waals surface area contributed by atoms with Gasteiger partial charge in [-0.3, -0.25) is 4.79 Å². The van der Waals surface area contributed by atoms with E-state index in [-0.39, 0.29) is 11.3 Å². The minimum Gasteiger partial charge on any atom is -0.385 e. The first-order valence-corrected chi connectivity index (χ1v) is 7.29. The van der Waals surface area contributed by atoms with Crippen LogP contribution in [0, 0.1) is 0 Å². The predicted molar refractivity (Wildman–Crippen MR) is 71.9 cm³/mol. The minimum absolute atomic E-state index is 0.0252. The molecule has 1 atom stereocenters. The van der Waals surface area contributed by atoms with Crippen molar-refractivity contribution in [3.8, 4) is 0 Å². The number of amides is 1.